The second-order valence-corrected chi connectivity index (χ2v) is 5.30. The van der Waals surface area contributed by atoms with Crippen molar-refractivity contribution in [3.8, 4) is 11.3 Å². The van der Waals surface area contributed by atoms with Gasteiger partial charge in [0.05, 0.1) is 16.2 Å². The summed E-state index contributed by atoms with van der Waals surface area (Å²) in [5.74, 6) is -1.01. The maximum atomic E-state index is 11.5. The van der Waals surface area contributed by atoms with Gasteiger partial charge >= 0.3 is 5.97 Å². The second kappa shape index (κ2) is 6.37. The predicted octanol–water partition coefficient (Wildman–Crippen LogP) is 3.81. The number of aromatic carboxylic acids is 1. The van der Waals surface area contributed by atoms with Crippen molar-refractivity contribution < 1.29 is 14.8 Å². The highest BCUT2D eigenvalue weighted by molar-refractivity contribution is 5.95. The number of non-ortho nitro benzene ring substituents is 1. The van der Waals surface area contributed by atoms with Gasteiger partial charge in [0.15, 0.2) is 0 Å². The highest BCUT2D eigenvalue weighted by Gasteiger charge is 2.17. The summed E-state index contributed by atoms with van der Waals surface area (Å²) in [7, 11) is 0. The van der Waals surface area contributed by atoms with Gasteiger partial charge in [-0.05, 0) is 17.2 Å². The van der Waals surface area contributed by atoms with E-state index in [1.807, 2.05) is 30.3 Å². The Bertz CT molecular complexity index is 900. The minimum atomic E-state index is -1.01. The molecule has 24 heavy (non-hydrogen) atoms. The van der Waals surface area contributed by atoms with E-state index in [1.165, 1.54) is 12.1 Å². The van der Waals surface area contributed by atoms with Gasteiger partial charge in [0.1, 0.15) is 0 Å². The van der Waals surface area contributed by atoms with E-state index in [0.29, 0.717) is 12.2 Å². The van der Waals surface area contributed by atoms with Crippen LogP contribution in [0.3, 0.4) is 0 Å². The average molecular weight is 322 g/mol. The standard InChI is InChI=1S/C18H14N2O4/c21-18(22)16-9-10-19(17(16)14-6-2-1-3-7-14)12-13-5-4-8-15(11-13)20(23)24/h1-11H,12H2,(H,21,22). The summed E-state index contributed by atoms with van der Waals surface area (Å²) in [5.41, 5.74) is 2.31. The van der Waals surface area contributed by atoms with Crippen LogP contribution in [-0.4, -0.2) is 20.6 Å². The van der Waals surface area contributed by atoms with Gasteiger partial charge in [-0.15, -0.1) is 0 Å². The van der Waals surface area contributed by atoms with Crippen LogP contribution >= 0.6 is 0 Å². The first-order valence-corrected chi connectivity index (χ1v) is 7.27. The number of carboxylic acid groups (broad SMARTS) is 1. The van der Waals surface area contributed by atoms with Crippen molar-refractivity contribution in [3.63, 3.8) is 0 Å². The lowest BCUT2D eigenvalue weighted by Gasteiger charge is -2.11. The largest absolute Gasteiger partial charge is 0.478 e. The summed E-state index contributed by atoms with van der Waals surface area (Å²) in [6.07, 6.45) is 1.69. The summed E-state index contributed by atoms with van der Waals surface area (Å²) in [5, 5.41) is 20.3. The van der Waals surface area contributed by atoms with Crippen molar-refractivity contribution in [2.45, 2.75) is 6.54 Å². The zero-order chi connectivity index (χ0) is 17.1. The molecule has 2 aromatic carbocycles. The number of nitro groups is 1. The van der Waals surface area contributed by atoms with Gasteiger partial charge in [-0.1, -0.05) is 42.5 Å². The van der Waals surface area contributed by atoms with Crippen LogP contribution in [0.2, 0.25) is 0 Å². The fraction of sp³-hybridized carbons (Fsp3) is 0.0556. The van der Waals surface area contributed by atoms with E-state index in [9.17, 15) is 20.0 Å². The summed E-state index contributed by atoms with van der Waals surface area (Å²) in [6, 6.07) is 17.1. The van der Waals surface area contributed by atoms with Crippen LogP contribution in [0.4, 0.5) is 5.69 Å². The van der Waals surface area contributed by atoms with Crippen LogP contribution in [0.1, 0.15) is 15.9 Å². The molecule has 0 atom stereocenters. The first-order valence-electron chi connectivity index (χ1n) is 7.27. The van der Waals surface area contributed by atoms with Gasteiger partial charge in [0.25, 0.3) is 5.69 Å². The summed E-state index contributed by atoms with van der Waals surface area (Å²) in [6.45, 7) is 0.346. The minimum absolute atomic E-state index is 0.0133. The Morgan fingerprint density at radius 2 is 1.83 bits per heavy atom. The number of hydrogen-bond donors (Lipinski definition) is 1. The van der Waals surface area contributed by atoms with Crippen molar-refractivity contribution >= 4 is 11.7 Å². The van der Waals surface area contributed by atoms with E-state index in [4.69, 9.17) is 0 Å². The summed E-state index contributed by atoms with van der Waals surface area (Å²) >= 11 is 0. The van der Waals surface area contributed by atoms with Crippen molar-refractivity contribution in [1.29, 1.82) is 0 Å². The van der Waals surface area contributed by atoms with E-state index >= 15 is 0 Å². The molecule has 0 bridgehead atoms. The van der Waals surface area contributed by atoms with Crippen molar-refractivity contribution in [2.75, 3.05) is 0 Å². The third kappa shape index (κ3) is 3.03. The van der Waals surface area contributed by atoms with Crippen LogP contribution in [-0.2, 0) is 6.54 Å². The smallest absolute Gasteiger partial charge is 0.337 e. The third-order valence-corrected chi connectivity index (χ3v) is 3.72. The topological polar surface area (TPSA) is 85.4 Å². The Morgan fingerprint density at radius 3 is 2.50 bits per heavy atom. The number of hydrogen-bond acceptors (Lipinski definition) is 3. The van der Waals surface area contributed by atoms with E-state index in [0.717, 1.165) is 11.1 Å². The normalized spacial score (nSPS) is 10.5. The molecule has 120 valence electrons. The zero-order valence-corrected chi connectivity index (χ0v) is 12.6. The first-order chi connectivity index (χ1) is 11.6. The summed E-state index contributed by atoms with van der Waals surface area (Å²) in [4.78, 5) is 22.0. The highest BCUT2D eigenvalue weighted by Crippen LogP contribution is 2.26. The number of carbonyl (C=O) groups is 1. The van der Waals surface area contributed by atoms with Gasteiger partial charge in [-0.3, -0.25) is 10.1 Å². The lowest BCUT2D eigenvalue weighted by atomic mass is 10.1. The van der Waals surface area contributed by atoms with Crippen LogP contribution in [0.15, 0.2) is 66.9 Å². The van der Waals surface area contributed by atoms with Gasteiger partial charge in [0.2, 0.25) is 0 Å². The molecule has 1 N–H and O–H groups in total. The monoisotopic (exact) mass is 322 g/mol. The lowest BCUT2D eigenvalue weighted by Crippen LogP contribution is -2.04. The molecule has 1 heterocycles. The van der Waals surface area contributed by atoms with Crippen LogP contribution in [0.5, 0.6) is 0 Å². The number of nitrogens with zero attached hydrogens (tertiary/aromatic N) is 2. The molecule has 0 aliphatic rings. The van der Waals surface area contributed by atoms with Gasteiger partial charge in [-0.25, -0.2) is 4.79 Å². The molecule has 0 radical (unpaired) electrons. The quantitative estimate of drug-likeness (QED) is 0.571. The molecule has 0 unspecified atom stereocenters. The number of carboxylic acids is 1. The van der Waals surface area contributed by atoms with Crippen LogP contribution in [0.25, 0.3) is 11.3 Å². The van der Waals surface area contributed by atoms with E-state index < -0.39 is 10.9 Å². The molecule has 6 nitrogen and oxygen atoms in total. The maximum Gasteiger partial charge on any atom is 0.337 e. The van der Waals surface area contributed by atoms with Gasteiger partial charge in [0, 0.05) is 24.9 Å². The molecular formula is C18H14N2O4. The minimum Gasteiger partial charge on any atom is -0.478 e. The van der Waals surface area contributed by atoms with Crippen LogP contribution < -0.4 is 0 Å². The molecular weight excluding hydrogens is 308 g/mol. The van der Waals surface area contributed by atoms with Gasteiger partial charge < -0.3 is 9.67 Å². The molecule has 3 aromatic rings. The number of aromatic nitrogens is 1. The van der Waals surface area contributed by atoms with E-state index in [-0.39, 0.29) is 11.3 Å². The SMILES string of the molecule is O=C(O)c1ccn(Cc2cccc([N+](=O)[O-])c2)c1-c1ccccc1. The Labute approximate surface area is 137 Å². The Hall–Kier alpha value is -3.41. The Morgan fingerprint density at radius 1 is 1.08 bits per heavy atom. The first kappa shape index (κ1) is 15.5. The fourth-order valence-electron chi connectivity index (χ4n) is 2.66. The van der Waals surface area contributed by atoms with Crippen LogP contribution in [0, 0.1) is 10.1 Å². The molecule has 0 aliphatic carbocycles. The third-order valence-electron chi connectivity index (χ3n) is 3.72. The number of rotatable bonds is 5. The second-order valence-electron chi connectivity index (χ2n) is 5.30. The van der Waals surface area contributed by atoms with Crippen molar-refractivity contribution in [2.24, 2.45) is 0 Å². The zero-order valence-electron chi connectivity index (χ0n) is 12.6. The molecule has 0 saturated heterocycles. The molecule has 1 aromatic heterocycles. The van der Waals surface area contributed by atoms with Gasteiger partial charge in [-0.2, -0.15) is 0 Å². The average Bonchev–Trinajstić information content (AvgIpc) is 2.99. The molecule has 0 fully saturated rings. The van der Waals surface area contributed by atoms with Crippen molar-refractivity contribution in [3.05, 3.63) is 88.1 Å². The molecule has 0 spiro atoms. The molecule has 3 rings (SSSR count). The molecule has 0 amide bonds. The maximum absolute atomic E-state index is 11.5. The Balaban J connectivity index is 2.04. The number of benzene rings is 2. The fourth-order valence-corrected chi connectivity index (χ4v) is 2.66. The molecule has 0 aliphatic heterocycles. The Kier molecular flexibility index (Phi) is 4.11. The van der Waals surface area contributed by atoms with E-state index in [2.05, 4.69) is 0 Å². The summed E-state index contributed by atoms with van der Waals surface area (Å²) < 4.78 is 1.79. The highest BCUT2D eigenvalue weighted by atomic mass is 16.6. The lowest BCUT2D eigenvalue weighted by molar-refractivity contribution is -0.384. The molecule has 6 heteroatoms. The predicted molar refractivity (Wildman–Crippen MR) is 89.0 cm³/mol. The number of nitro benzene ring substituents is 1. The van der Waals surface area contributed by atoms with E-state index in [1.54, 1.807) is 29.0 Å². The van der Waals surface area contributed by atoms with Crippen molar-refractivity contribution in [1.82, 2.24) is 4.57 Å². The molecule has 0 saturated carbocycles.